The number of nitrogens with zero attached hydrogens (tertiary/aromatic N) is 1. The highest BCUT2D eigenvalue weighted by Gasteiger charge is 2.12. The Kier molecular flexibility index (Phi) is 3.91. The molecule has 3 rings (SSSR count). The third-order valence-electron chi connectivity index (χ3n) is 2.69. The van der Waals surface area contributed by atoms with E-state index in [-0.39, 0.29) is 11.5 Å². The number of carbonyl (C=O) groups excluding carboxylic acids is 1. The second-order valence-electron chi connectivity index (χ2n) is 4.10. The predicted octanol–water partition coefficient (Wildman–Crippen LogP) is 3.91. The Hall–Kier alpha value is -1.52. The molecule has 2 N–H and O–H groups in total. The van der Waals surface area contributed by atoms with Gasteiger partial charge in [-0.15, -0.1) is 11.3 Å². The zero-order chi connectivity index (χ0) is 15.0. The highest BCUT2D eigenvalue weighted by Crippen LogP contribution is 2.27. The van der Waals surface area contributed by atoms with E-state index in [1.54, 1.807) is 23.6 Å². The summed E-state index contributed by atoms with van der Waals surface area (Å²) in [5.74, 6) is -1.20. The number of thiophene rings is 1. The maximum absolute atomic E-state index is 12.0. The number of carboxylic acid groups (broad SMARTS) is 1. The molecule has 0 atom stereocenters. The first-order chi connectivity index (χ1) is 10.0. The van der Waals surface area contributed by atoms with Crippen molar-refractivity contribution in [2.75, 3.05) is 5.32 Å². The number of amides is 1. The molecule has 0 spiro atoms. The Morgan fingerprint density at radius 3 is 2.71 bits per heavy atom. The molecule has 1 amide bonds. The van der Waals surface area contributed by atoms with Gasteiger partial charge in [0.1, 0.15) is 0 Å². The molecular weight excluding hydrogens is 423 g/mol. The van der Waals surface area contributed by atoms with E-state index in [0.717, 1.165) is 7.58 Å². The first-order valence-corrected chi connectivity index (χ1v) is 8.50. The lowest BCUT2D eigenvalue weighted by atomic mass is 10.2. The summed E-state index contributed by atoms with van der Waals surface area (Å²) in [5.41, 5.74) is 1.46. The van der Waals surface area contributed by atoms with Crippen LogP contribution in [0.4, 0.5) is 5.13 Å². The van der Waals surface area contributed by atoms with Crippen LogP contribution in [0.1, 0.15) is 20.7 Å². The highest BCUT2D eigenvalue weighted by molar-refractivity contribution is 14.1. The monoisotopic (exact) mass is 430 g/mol. The lowest BCUT2D eigenvalue weighted by Gasteiger charge is -1.97. The van der Waals surface area contributed by atoms with Crippen LogP contribution in [0.15, 0.2) is 29.6 Å². The third kappa shape index (κ3) is 3.06. The minimum absolute atomic E-state index is 0.205. The van der Waals surface area contributed by atoms with Gasteiger partial charge in [0.25, 0.3) is 5.91 Å². The molecule has 2 aromatic heterocycles. The molecule has 0 aliphatic carbocycles. The van der Waals surface area contributed by atoms with Crippen molar-refractivity contribution in [1.29, 1.82) is 0 Å². The van der Waals surface area contributed by atoms with Crippen LogP contribution >= 0.6 is 45.3 Å². The van der Waals surface area contributed by atoms with Gasteiger partial charge in [-0.2, -0.15) is 0 Å². The average molecular weight is 430 g/mol. The average Bonchev–Trinajstić information content (AvgIpc) is 3.03. The molecule has 0 saturated heterocycles. The van der Waals surface area contributed by atoms with E-state index in [1.165, 1.54) is 28.7 Å². The van der Waals surface area contributed by atoms with Crippen LogP contribution in [0.5, 0.6) is 0 Å². The molecule has 0 unspecified atom stereocenters. The molecule has 0 fully saturated rings. The van der Waals surface area contributed by atoms with Gasteiger partial charge in [-0.3, -0.25) is 10.1 Å². The van der Waals surface area contributed by atoms with Gasteiger partial charge in [-0.05, 0) is 46.9 Å². The Morgan fingerprint density at radius 2 is 2.05 bits per heavy atom. The summed E-state index contributed by atoms with van der Waals surface area (Å²) in [5, 5.41) is 13.9. The second kappa shape index (κ2) is 5.70. The number of nitrogens with one attached hydrogen (secondary N) is 1. The first-order valence-electron chi connectivity index (χ1n) is 5.72. The van der Waals surface area contributed by atoms with Gasteiger partial charge in [0, 0.05) is 5.38 Å². The topological polar surface area (TPSA) is 79.3 Å². The normalized spacial score (nSPS) is 10.7. The third-order valence-corrected chi connectivity index (χ3v) is 5.41. The number of benzene rings is 1. The van der Waals surface area contributed by atoms with E-state index in [1.807, 2.05) is 0 Å². The molecule has 21 heavy (non-hydrogen) atoms. The summed E-state index contributed by atoms with van der Waals surface area (Å²) < 4.78 is 1.76. The number of halogens is 1. The Labute approximate surface area is 140 Å². The molecule has 0 bridgehead atoms. The number of thiazole rings is 1. The molecule has 0 saturated carbocycles. The van der Waals surface area contributed by atoms with Crippen molar-refractivity contribution in [1.82, 2.24) is 4.98 Å². The summed E-state index contributed by atoms with van der Waals surface area (Å²) in [6, 6.07) is 6.49. The summed E-state index contributed by atoms with van der Waals surface area (Å²) in [6.07, 6.45) is 0. The van der Waals surface area contributed by atoms with Crippen molar-refractivity contribution in [2.45, 2.75) is 0 Å². The first kappa shape index (κ1) is 14.4. The number of hydrogen-bond acceptors (Lipinski definition) is 5. The number of rotatable bonds is 3. The molecule has 106 valence electrons. The Morgan fingerprint density at radius 1 is 1.24 bits per heavy atom. The number of fused-ring (bicyclic) bond motifs is 1. The maximum Gasteiger partial charge on any atom is 0.335 e. The summed E-state index contributed by atoms with van der Waals surface area (Å²) in [6.45, 7) is 0. The van der Waals surface area contributed by atoms with Crippen molar-refractivity contribution in [3.05, 3.63) is 43.7 Å². The number of aromatic nitrogens is 1. The van der Waals surface area contributed by atoms with E-state index in [4.69, 9.17) is 5.11 Å². The fourth-order valence-corrected chi connectivity index (χ4v) is 3.94. The fourth-order valence-electron chi connectivity index (χ4n) is 1.71. The van der Waals surface area contributed by atoms with Crippen LogP contribution in [0.3, 0.4) is 0 Å². The van der Waals surface area contributed by atoms with Crippen LogP contribution in [0.2, 0.25) is 0 Å². The molecule has 1 aromatic carbocycles. The predicted molar refractivity (Wildman–Crippen MR) is 91.6 cm³/mol. The van der Waals surface area contributed by atoms with Gasteiger partial charge in [0.05, 0.1) is 24.2 Å². The van der Waals surface area contributed by atoms with Crippen LogP contribution in [-0.4, -0.2) is 22.0 Å². The van der Waals surface area contributed by atoms with Crippen molar-refractivity contribution in [3.8, 4) is 0 Å². The molecule has 3 aromatic rings. The van der Waals surface area contributed by atoms with E-state index < -0.39 is 5.97 Å². The van der Waals surface area contributed by atoms with Crippen LogP contribution in [0.25, 0.3) is 10.2 Å². The van der Waals surface area contributed by atoms with E-state index in [9.17, 15) is 9.59 Å². The lowest BCUT2D eigenvalue weighted by molar-refractivity contribution is 0.0697. The molecular formula is C13H7IN2O3S2. The van der Waals surface area contributed by atoms with E-state index >= 15 is 0 Å². The lowest BCUT2D eigenvalue weighted by Crippen LogP contribution is -2.10. The zero-order valence-corrected chi connectivity index (χ0v) is 14.1. The smallest absolute Gasteiger partial charge is 0.335 e. The summed E-state index contributed by atoms with van der Waals surface area (Å²) >= 11 is 4.91. The number of aromatic carboxylic acids is 1. The van der Waals surface area contributed by atoms with Gasteiger partial charge in [-0.25, -0.2) is 9.78 Å². The Balaban J connectivity index is 1.87. The number of hydrogen-bond donors (Lipinski definition) is 2. The van der Waals surface area contributed by atoms with Crippen LogP contribution < -0.4 is 5.32 Å². The molecule has 5 nitrogen and oxygen atoms in total. The minimum atomic E-state index is -0.983. The molecule has 0 radical (unpaired) electrons. The zero-order valence-electron chi connectivity index (χ0n) is 10.3. The van der Waals surface area contributed by atoms with Gasteiger partial charge in [0.15, 0.2) is 5.13 Å². The molecule has 0 aliphatic heterocycles. The molecule has 8 heteroatoms. The minimum Gasteiger partial charge on any atom is -0.478 e. The SMILES string of the molecule is O=C(O)c1ccc2nc(NC(=O)c3csc(I)c3)sc2c1. The molecule has 2 heterocycles. The van der Waals surface area contributed by atoms with Crippen molar-refractivity contribution in [2.24, 2.45) is 0 Å². The van der Waals surface area contributed by atoms with E-state index in [2.05, 4.69) is 32.9 Å². The highest BCUT2D eigenvalue weighted by atomic mass is 127. The van der Waals surface area contributed by atoms with E-state index in [0.29, 0.717) is 16.2 Å². The molecule has 0 aliphatic rings. The quantitative estimate of drug-likeness (QED) is 0.618. The van der Waals surface area contributed by atoms with Gasteiger partial charge in [0.2, 0.25) is 0 Å². The summed E-state index contributed by atoms with van der Waals surface area (Å²) in [7, 11) is 0. The second-order valence-corrected chi connectivity index (χ2v) is 7.94. The number of carboxylic acids is 1. The standard InChI is InChI=1S/C13H7IN2O3S2/c14-10-4-7(5-20-10)11(17)16-13-15-8-2-1-6(12(18)19)3-9(8)21-13/h1-5H,(H,18,19)(H,15,16,17). The van der Waals surface area contributed by atoms with Crippen LogP contribution in [-0.2, 0) is 0 Å². The van der Waals surface area contributed by atoms with Crippen molar-refractivity contribution >= 4 is 72.5 Å². The van der Waals surface area contributed by atoms with Crippen LogP contribution in [0, 0.1) is 2.88 Å². The number of anilines is 1. The van der Waals surface area contributed by atoms with Gasteiger partial charge >= 0.3 is 5.97 Å². The van der Waals surface area contributed by atoms with Gasteiger partial charge < -0.3 is 5.11 Å². The Bertz CT molecular complexity index is 856. The van der Waals surface area contributed by atoms with Crippen molar-refractivity contribution < 1.29 is 14.7 Å². The fraction of sp³-hybridized carbons (Fsp3) is 0. The maximum atomic E-state index is 12.0. The van der Waals surface area contributed by atoms with Crippen molar-refractivity contribution in [3.63, 3.8) is 0 Å². The largest absolute Gasteiger partial charge is 0.478 e. The summed E-state index contributed by atoms with van der Waals surface area (Å²) in [4.78, 5) is 27.3. The number of carbonyl (C=O) groups is 2. The van der Waals surface area contributed by atoms with Gasteiger partial charge in [-0.1, -0.05) is 11.3 Å².